The number of benzene rings is 1. The SMILES string of the molecule is Cc1ccccc1CSc1nc(N)cc(NCCc2cnccn2)n1. The van der Waals surface area contributed by atoms with Gasteiger partial charge in [-0.2, -0.15) is 0 Å². The topological polar surface area (TPSA) is 89.6 Å². The van der Waals surface area contributed by atoms with Crippen LogP contribution in [0, 0.1) is 6.92 Å². The molecule has 0 bridgehead atoms. The minimum Gasteiger partial charge on any atom is -0.383 e. The summed E-state index contributed by atoms with van der Waals surface area (Å²) in [5, 5.41) is 3.94. The summed E-state index contributed by atoms with van der Waals surface area (Å²) in [5.41, 5.74) is 9.39. The lowest BCUT2D eigenvalue weighted by molar-refractivity contribution is 0.914. The van der Waals surface area contributed by atoms with E-state index < -0.39 is 0 Å². The Bertz CT molecular complexity index is 825. The summed E-state index contributed by atoms with van der Waals surface area (Å²) in [5.74, 6) is 2.00. The molecule has 0 atom stereocenters. The highest BCUT2D eigenvalue weighted by atomic mass is 32.2. The molecule has 3 N–H and O–H groups in total. The molecule has 6 nitrogen and oxygen atoms in total. The van der Waals surface area contributed by atoms with Crippen LogP contribution in [0.3, 0.4) is 0 Å². The Balaban J connectivity index is 1.59. The zero-order valence-corrected chi connectivity index (χ0v) is 14.8. The molecule has 0 amide bonds. The van der Waals surface area contributed by atoms with E-state index in [1.165, 1.54) is 11.1 Å². The normalized spacial score (nSPS) is 10.6. The molecule has 1 aromatic carbocycles. The zero-order valence-electron chi connectivity index (χ0n) is 14.0. The fourth-order valence-corrected chi connectivity index (χ4v) is 3.23. The molecule has 0 fully saturated rings. The number of anilines is 2. The van der Waals surface area contributed by atoms with Gasteiger partial charge in [0.05, 0.1) is 5.69 Å². The molecule has 2 heterocycles. The van der Waals surface area contributed by atoms with Gasteiger partial charge in [-0.05, 0) is 18.1 Å². The highest BCUT2D eigenvalue weighted by Crippen LogP contribution is 2.23. The van der Waals surface area contributed by atoms with Crippen molar-refractivity contribution in [1.29, 1.82) is 0 Å². The molecule has 0 aliphatic carbocycles. The Kier molecular flexibility index (Phi) is 5.79. The molecule has 0 spiro atoms. The smallest absolute Gasteiger partial charge is 0.191 e. The van der Waals surface area contributed by atoms with Crippen LogP contribution in [0.5, 0.6) is 0 Å². The van der Waals surface area contributed by atoms with Crippen LogP contribution in [-0.2, 0) is 12.2 Å². The number of aryl methyl sites for hydroxylation is 1. The number of hydrogen-bond acceptors (Lipinski definition) is 7. The summed E-state index contributed by atoms with van der Waals surface area (Å²) in [4.78, 5) is 17.2. The van der Waals surface area contributed by atoms with Gasteiger partial charge in [-0.25, -0.2) is 9.97 Å². The molecule has 128 valence electrons. The molecular weight excluding hydrogens is 332 g/mol. The lowest BCUT2D eigenvalue weighted by atomic mass is 10.1. The Morgan fingerprint density at radius 2 is 2.04 bits per heavy atom. The second-order valence-electron chi connectivity index (χ2n) is 5.55. The van der Waals surface area contributed by atoms with Gasteiger partial charge in [0.25, 0.3) is 0 Å². The summed E-state index contributed by atoms with van der Waals surface area (Å²) in [6.45, 7) is 2.81. The number of nitrogens with one attached hydrogen (secondary N) is 1. The minimum atomic E-state index is 0.462. The highest BCUT2D eigenvalue weighted by Gasteiger charge is 2.06. The first-order valence-corrected chi connectivity index (χ1v) is 9.00. The number of rotatable bonds is 7. The maximum Gasteiger partial charge on any atom is 0.191 e. The van der Waals surface area contributed by atoms with Gasteiger partial charge in [-0.3, -0.25) is 9.97 Å². The van der Waals surface area contributed by atoms with E-state index in [9.17, 15) is 0 Å². The van der Waals surface area contributed by atoms with Crippen LogP contribution in [0.1, 0.15) is 16.8 Å². The maximum absolute atomic E-state index is 5.91. The van der Waals surface area contributed by atoms with Crippen LogP contribution in [-0.4, -0.2) is 26.5 Å². The second kappa shape index (κ2) is 8.43. The van der Waals surface area contributed by atoms with Crippen LogP contribution in [0.25, 0.3) is 0 Å². The van der Waals surface area contributed by atoms with E-state index in [0.29, 0.717) is 17.5 Å². The van der Waals surface area contributed by atoms with Crippen molar-refractivity contribution in [2.24, 2.45) is 0 Å². The third kappa shape index (κ3) is 5.15. The predicted molar refractivity (Wildman–Crippen MR) is 101 cm³/mol. The zero-order chi connectivity index (χ0) is 17.5. The van der Waals surface area contributed by atoms with Crippen LogP contribution >= 0.6 is 11.8 Å². The van der Waals surface area contributed by atoms with Crippen LogP contribution < -0.4 is 11.1 Å². The van der Waals surface area contributed by atoms with Crippen LogP contribution in [0.15, 0.2) is 54.1 Å². The highest BCUT2D eigenvalue weighted by molar-refractivity contribution is 7.98. The van der Waals surface area contributed by atoms with Crippen LogP contribution in [0.2, 0.25) is 0 Å². The maximum atomic E-state index is 5.91. The predicted octanol–water partition coefficient (Wildman–Crippen LogP) is 3.10. The lowest BCUT2D eigenvalue weighted by Crippen LogP contribution is -2.09. The molecule has 25 heavy (non-hydrogen) atoms. The molecule has 0 aliphatic heterocycles. The molecule has 7 heteroatoms. The van der Waals surface area contributed by atoms with Gasteiger partial charge in [-0.15, -0.1) is 0 Å². The number of nitrogens with zero attached hydrogens (tertiary/aromatic N) is 4. The van der Waals surface area contributed by atoms with Gasteiger partial charge in [-0.1, -0.05) is 36.0 Å². The third-order valence-electron chi connectivity index (χ3n) is 3.65. The van der Waals surface area contributed by atoms with Crippen molar-refractivity contribution in [2.75, 3.05) is 17.6 Å². The van der Waals surface area contributed by atoms with Crippen molar-refractivity contribution in [3.63, 3.8) is 0 Å². The van der Waals surface area contributed by atoms with Gasteiger partial charge < -0.3 is 11.1 Å². The Hall–Kier alpha value is -2.67. The van der Waals surface area contributed by atoms with Crippen molar-refractivity contribution in [3.05, 3.63) is 65.7 Å². The number of hydrogen-bond donors (Lipinski definition) is 2. The molecule has 0 saturated carbocycles. The van der Waals surface area contributed by atoms with E-state index >= 15 is 0 Å². The van der Waals surface area contributed by atoms with Crippen molar-refractivity contribution >= 4 is 23.4 Å². The summed E-state index contributed by atoms with van der Waals surface area (Å²) in [7, 11) is 0. The minimum absolute atomic E-state index is 0.462. The Morgan fingerprint density at radius 3 is 2.84 bits per heavy atom. The van der Waals surface area contributed by atoms with Gasteiger partial charge in [0, 0.05) is 43.4 Å². The third-order valence-corrected chi connectivity index (χ3v) is 4.54. The first-order valence-electron chi connectivity index (χ1n) is 8.01. The Labute approximate surface area is 151 Å². The van der Waals surface area contributed by atoms with Gasteiger partial charge >= 0.3 is 0 Å². The molecule has 0 saturated heterocycles. The average Bonchev–Trinajstić information content (AvgIpc) is 2.62. The lowest BCUT2D eigenvalue weighted by Gasteiger charge is -2.09. The van der Waals surface area contributed by atoms with E-state index in [1.807, 2.05) is 12.1 Å². The molecule has 0 aliphatic rings. The molecule has 3 aromatic rings. The molecule has 3 rings (SSSR count). The fourth-order valence-electron chi connectivity index (χ4n) is 2.29. The van der Waals surface area contributed by atoms with Crippen molar-refractivity contribution in [1.82, 2.24) is 19.9 Å². The Morgan fingerprint density at radius 1 is 1.16 bits per heavy atom. The summed E-state index contributed by atoms with van der Waals surface area (Å²) in [6, 6.07) is 10.1. The number of nitrogen functional groups attached to an aromatic ring is 1. The van der Waals surface area contributed by atoms with Crippen molar-refractivity contribution in [2.45, 2.75) is 24.3 Å². The number of aromatic nitrogens is 4. The van der Waals surface area contributed by atoms with Gasteiger partial charge in [0.15, 0.2) is 5.16 Å². The van der Waals surface area contributed by atoms with E-state index in [1.54, 1.807) is 36.4 Å². The first kappa shape index (κ1) is 17.2. The van der Waals surface area contributed by atoms with Gasteiger partial charge in [0.1, 0.15) is 11.6 Å². The molecule has 0 radical (unpaired) electrons. The standard InChI is InChI=1S/C18H20N6S/c1-13-4-2-3-5-14(13)12-25-18-23-16(19)10-17(24-18)22-7-6-15-11-20-8-9-21-15/h2-5,8-11H,6-7,12H2,1H3,(H3,19,22,23,24). The van der Waals surface area contributed by atoms with E-state index in [-0.39, 0.29) is 0 Å². The number of nitrogens with two attached hydrogens (primary N) is 1. The number of thioether (sulfide) groups is 1. The van der Waals surface area contributed by atoms with Gasteiger partial charge in [0.2, 0.25) is 0 Å². The second-order valence-corrected chi connectivity index (χ2v) is 6.49. The summed E-state index contributed by atoms with van der Waals surface area (Å²) >= 11 is 1.58. The molecule has 2 aromatic heterocycles. The van der Waals surface area contributed by atoms with E-state index in [4.69, 9.17) is 5.73 Å². The van der Waals surface area contributed by atoms with Crippen LogP contribution in [0.4, 0.5) is 11.6 Å². The fraction of sp³-hybridized carbons (Fsp3) is 0.222. The summed E-state index contributed by atoms with van der Waals surface area (Å²) in [6.07, 6.45) is 5.89. The summed E-state index contributed by atoms with van der Waals surface area (Å²) < 4.78 is 0. The largest absolute Gasteiger partial charge is 0.383 e. The van der Waals surface area contributed by atoms with Crippen molar-refractivity contribution in [3.8, 4) is 0 Å². The van der Waals surface area contributed by atoms with Crippen molar-refractivity contribution < 1.29 is 0 Å². The average molecular weight is 352 g/mol. The quantitative estimate of drug-likeness (QED) is 0.499. The molecule has 0 unspecified atom stereocenters. The van der Waals surface area contributed by atoms with E-state index in [0.717, 1.165) is 23.7 Å². The van der Waals surface area contributed by atoms with E-state index in [2.05, 4.69) is 44.3 Å². The molecular formula is C18H20N6S. The monoisotopic (exact) mass is 352 g/mol. The first-order chi connectivity index (χ1) is 12.2.